The number of amides is 1. The highest BCUT2D eigenvalue weighted by molar-refractivity contribution is 5.97. The summed E-state index contributed by atoms with van der Waals surface area (Å²) in [6, 6.07) is 20.1. The molecule has 1 saturated carbocycles. The number of nitrogens with zero attached hydrogens (tertiary/aromatic N) is 1. The average Bonchev–Trinajstić information content (AvgIpc) is 3.61. The van der Waals surface area contributed by atoms with Gasteiger partial charge in [0.2, 0.25) is 0 Å². The van der Waals surface area contributed by atoms with E-state index < -0.39 is 5.92 Å². The minimum Gasteiger partial charge on any atom is -0.492 e. The van der Waals surface area contributed by atoms with Crippen LogP contribution in [0.3, 0.4) is 0 Å². The molecule has 6 heteroatoms. The molecule has 0 aromatic heterocycles. The van der Waals surface area contributed by atoms with Gasteiger partial charge in [-0.25, -0.2) is 8.78 Å². The van der Waals surface area contributed by atoms with Crippen molar-refractivity contribution in [2.24, 2.45) is 0 Å². The Labute approximate surface area is 198 Å². The Bertz CT molecular complexity index is 1190. The Hall–Kier alpha value is -2.99. The predicted molar refractivity (Wildman–Crippen MR) is 130 cm³/mol. The number of alkyl halides is 2. The number of nitrogens with one attached hydrogen (secondary N) is 1. The second-order valence-corrected chi connectivity index (χ2v) is 9.59. The predicted octanol–water partition coefficient (Wildman–Crippen LogP) is 5.68. The van der Waals surface area contributed by atoms with Gasteiger partial charge in [0.25, 0.3) is 11.8 Å². The molecule has 1 heterocycles. The number of aryl methyl sites for hydroxylation is 1. The molecule has 4 nitrogen and oxygen atoms in total. The van der Waals surface area contributed by atoms with Crippen molar-refractivity contribution in [3.05, 3.63) is 77.4 Å². The van der Waals surface area contributed by atoms with Crippen LogP contribution in [0.25, 0.3) is 10.8 Å². The van der Waals surface area contributed by atoms with Crippen molar-refractivity contribution in [3.63, 3.8) is 0 Å². The normalized spacial score (nSPS) is 19.0. The first-order valence-corrected chi connectivity index (χ1v) is 12.0. The summed E-state index contributed by atoms with van der Waals surface area (Å²) in [5.74, 6) is -2.03. The van der Waals surface area contributed by atoms with Gasteiger partial charge in [-0.1, -0.05) is 48.5 Å². The lowest BCUT2D eigenvalue weighted by Gasteiger charge is -2.31. The van der Waals surface area contributed by atoms with Crippen molar-refractivity contribution in [2.75, 3.05) is 26.2 Å². The van der Waals surface area contributed by atoms with E-state index in [2.05, 4.69) is 29.6 Å². The van der Waals surface area contributed by atoms with Crippen LogP contribution in [0.15, 0.2) is 60.7 Å². The number of carbonyl (C=O) groups is 1. The molecule has 34 heavy (non-hydrogen) atoms. The van der Waals surface area contributed by atoms with Crippen LogP contribution in [-0.2, 0) is 5.54 Å². The van der Waals surface area contributed by atoms with Crippen LogP contribution in [0.4, 0.5) is 8.78 Å². The van der Waals surface area contributed by atoms with Crippen molar-refractivity contribution in [1.29, 1.82) is 0 Å². The maximum Gasteiger partial charge on any atom is 0.252 e. The lowest BCUT2D eigenvalue weighted by atomic mass is 9.96. The van der Waals surface area contributed by atoms with Gasteiger partial charge in [0.05, 0.1) is 5.54 Å². The number of fused-ring (bicyclic) bond motifs is 1. The summed E-state index contributed by atoms with van der Waals surface area (Å²) in [4.78, 5) is 15.3. The van der Waals surface area contributed by atoms with Crippen LogP contribution in [0.5, 0.6) is 5.75 Å². The number of rotatable bonds is 7. The second kappa shape index (κ2) is 8.99. The lowest BCUT2D eigenvalue weighted by Crippen LogP contribution is -2.41. The van der Waals surface area contributed by atoms with Crippen LogP contribution < -0.4 is 10.1 Å². The Balaban J connectivity index is 1.25. The highest BCUT2D eigenvalue weighted by Gasteiger charge is 2.46. The summed E-state index contributed by atoms with van der Waals surface area (Å²) in [7, 11) is 0. The highest BCUT2D eigenvalue weighted by Crippen LogP contribution is 2.48. The van der Waals surface area contributed by atoms with E-state index in [4.69, 9.17) is 4.74 Å². The quantitative estimate of drug-likeness (QED) is 0.489. The van der Waals surface area contributed by atoms with E-state index in [1.165, 1.54) is 10.8 Å². The van der Waals surface area contributed by atoms with Gasteiger partial charge in [0.15, 0.2) is 0 Å². The SMILES string of the molecule is Cc1ccc(OCCN2CCC(F)(F)CC2)cc1C(=O)NC1(c2cccc3ccccc23)CC1. The Kier molecular flexibility index (Phi) is 6.02. The molecule has 1 amide bonds. The van der Waals surface area contributed by atoms with E-state index in [9.17, 15) is 13.6 Å². The molecule has 1 saturated heterocycles. The van der Waals surface area contributed by atoms with E-state index >= 15 is 0 Å². The number of hydrogen-bond acceptors (Lipinski definition) is 3. The third kappa shape index (κ3) is 4.78. The maximum absolute atomic E-state index is 13.3. The van der Waals surface area contributed by atoms with Crippen molar-refractivity contribution in [3.8, 4) is 5.75 Å². The number of piperidine rings is 1. The van der Waals surface area contributed by atoms with Crippen LogP contribution >= 0.6 is 0 Å². The molecule has 0 bridgehead atoms. The molecule has 0 unspecified atom stereocenters. The first kappa shape index (κ1) is 22.8. The van der Waals surface area contributed by atoms with Crippen molar-refractivity contribution in [2.45, 2.75) is 44.1 Å². The first-order chi connectivity index (χ1) is 16.4. The van der Waals surface area contributed by atoms with E-state index in [-0.39, 0.29) is 24.3 Å². The van der Waals surface area contributed by atoms with E-state index in [1.807, 2.05) is 42.2 Å². The number of hydrogen-bond donors (Lipinski definition) is 1. The highest BCUT2D eigenvalue weighted by atomic mass is 19.3. The minimum absolute atomic E-state index is 0.0969. The van der Waals surface area contributed by atoms with Gasteiger partial charge in [-0.3, -0.25) is 9.69 Å². The molecule has 1 aliphatic heterocycles. The van der Waals surface area contributed by atoms with E-state index in [1.54, 1.807) is 6.07 Å². The van der Waals surface area contributed by atoms with Gasteiger partial charge in [-0.05, 0) is 53.8 Å². The molecule has 1 aliphatic carbocycles. The minimum atomic E-state index is -2.54. The first-order valence-electron chi connectivity index (χ1n) is 12.0. The number of benzene rings is 3. The van der Waals surface area contributed by atoms with E-state index in [0.29, 0.717) is 37.6 Å². The molecule has 3 aromatic carbocycles. The van der Waals surface area contributed by atoms with Crippen molar-refractivity contribution in [1.82, 2.24) is 10.2 Å². The Morgan fingerprint density at radius 3 is 2.50 bits per heavy atom. The summed E-state index contributed by atoms with van der Waals surface area (Å²) in [6.07, 6.45) is 1.63. The van der Waals surface area contributed by atoms with E-state index in [0.717, 1.165) is 24.0 Å². The summed E-state index contributed by atoms with van der Waals surface area (Å²) >= 11 is 0. The molecule has 2 aliphatic rings. The fourth-order valence-electron chi connectivity index (χ4n) is 4.85. The molecule has 1 N–H and O–H groups in total. The van der Waals surface area contributed by atoms with Crippen LogP contribution in [-0.4, -0.2) is 43.0 Å². The average molecular weight is 465 g/mol. The zero-order valence-electron chi connectivity index (χ0n) is 19.4. The number of halogens is 2. The lowest BCUT2D eigenvalue weighted by molar-refractivity contribution is -0.0564. The van der Waals surface area contributed by atoms with Gasteiger partial charge in [0.1, 0.15) is 12.4 Å². The largest absolute Gasteiger partial charge is 0.492 e. The molecular weight excluding hydrogens is 434 g/mol. The van der Waals surface area contributed by atoms with Gasteiger partial charge < -0.3 is 10.1 Å². The van der Waals surface area contributed by atoms with Gasteiger partial charge in [-0.2, -0.15) is 0 Å². The number of ether oxygens (including phenoxy) is 1. The van der Waals surface area contributed by atoms with Crippen LogP contribution in [0.2, 0.25) is 0 Å². The Morgan fingerprint density at radius 2 is 1.74 bits per heavy atom. The van der Waals surface area contributed by atoms with Gasteiger partial charge in [0, 0.05) is 38.0 Å². The molecule has 5 rings (SSSR count). The molecular formula is C28H30F2N2O2. The van der Waals surface area contributed by atoms with Crippen LogP contribution in [0.1, 0.15) is 47.2 Å². The number of likely N-dealkylation sites (tertiary alicyclic amines) is 1. The van der Waals surface area contributed by atoms with Gasteiger partial charge in [-0.15, -0.1) is 0 Å². The number of carbonyl (C=O) groups excluding carboxylic acids is 1. The standard InChI is InChI=1S/C28H30F2N2O2/c1-20-9-10-22(34-18-17-32-15-13-28(29,30)14-16-32)19-24(20)26(33)31-27(11-12-27)25-8-4-6-21-5-2-3-7-23(21)25/h2-10,19H,11-18H2,1H3,(H,31,33). The zero-order valence-corrected chi connectivity index (χ0v) is 19.4. The fraction of sp³-hybridized carbons (Fsp3) is 0.393. The smallest absolute Gasteiger partial charge is 0.252 e. The third-order valence-electron chi connectivity index (χ3n) is 7.13. The molecule has 178 valence electrons. The molecule has 0 radical (unpaired) electrons. The summed E-state index contributed by atoms with van der Waals surface area (Å²) in [5, 5.41) is 5.65. The van der Waals surface area contributed by atoms with Crippen LogP contribution in [0, 0.1) is 6.92 Å². The summed E-state index contributed by atoms with van der Waals surface area (Å²) in [5.41, 5.74) is 2.31. The van der Waals surface area contributed by atoms with Crippen molar-refractivity contribution < 1.29 is 18.3 Å². The molecule has 2 fully saturated rings. The summed E-state index contributed by atoms with van der Waals surface area (Å²) in [6.45, 7) is 3.68. The fourth-order valence-corrected chi connectivity index (χ4v) is 4.85. The molecule has 0 spiro atoms. The zero-order chi connectivity index (χ0) is 23.8. The molecule has 3 aromatic rings. The summed E-state index contributed by atoms with van der Waals surface area (Å²) < 4.78 is 32.6. The third-order valence-corrected chi connectivity index (χ3v) is 7.13. The van der Waals surface area contributed by atoms with Crippen molar-refractivity contribution >= 4 is 16.7 Å². The van der Waals surface area contributed by atoms with Gasteiger partial charge >= 0.3 is 0 Å². The maximum atomic E-state index is 13.3. The second-order valence-electron chi connectivity index (χ2n) is 9.59. The Morgan fingerprint density at radius 1 is 1.00 bits per heavy atom. The monoisotopic (exact) mass is 464 g/mol. The molecule has 0 atom stereocenters. The topological polar surface area (TPSA) is 41.6 Å².